The number of ether oxygens (including phenoxy) is 3. The molecule has 0 aliphatic carbocycles. The minimum atomic E-state index is -0.554. The minimum absolute atomic E-state index is 0.0872. The highest BCUT2D eigenvalue weighted by atomic mass is 16.5. The Kier molecular flexibility index (Phi) is 5.70. The lowest BCUT2D eigenvalue weighted by Crippen LogP contribution is -2.44. The number of rotatable bonds is 7. The summed E-state index contributed by atoms with van der Waals surface area (Å²) in [5, 5.41) is 5.66. The first-order chi connectivity index (χ1) is 15.0. The average molecular weight is 423 g/mol. The Morgan fingerprint density at radius 2 is 1.71 bits per heavy atom. The van der Waals surface area contributed by atoms with Gasteiger partial charge in [-0.25, -0.2) is 4.79 Å². The number of methoxy groups -OCH3 is 3. The molecule has 0 saturated heterocycles. The zero-order valence-corrected chi connectivity index (χ0v) is 17.7. The summed E-state index contributed by atoms with van der Waals surface area (Å²) in [6.45, 7) is 0.925. The van der Waals surface area contributed by atoms with E-state index in [9.17, 15) is 9.59 Å². The van der Waals surface area contributed by atoms with Gasteiger partial charge in [-0.3, -0.25) is 4.79 Å². The lowest BCUT2D eigenvalue weighted by Gasteiger charge is -2.26. The van der Waals surface area contributed by atoms with Crippen LogP contribution in [0.25, 0.3) is 0 Å². The van der Waals surface area contributed by atoms with E-state index >= 15 is 0 Å². The molecule has 162 valence electrons. The molecule has 0 aromatic heterocycles. The van der Waals surface area contributed by atoms with Gasteiger partial charge in [0.25, 0.3) is 5.91 Å². The van der Waals surface area contributed by atoms with Crippen molar-refractivity contribution in [3.8, 4) is 17.2 Å². The summed E-state index contributed by atoms with van der Waals surface area (Å²) >= 11 is 0. The maximum atomic E-state index is 13.2. The Morgan fingerprint density at radius 1 is 0.968 bits per heavy atom. The lowest BCUT2D eigenvalue weighted by atomic mass is 9.96. The van der Waals surface area contributed by atoms with Gasteiger partial charge in [0.05, 0.1) is 45.2 Å². The third-order valence-electron chi connectivity index (χ3n) is 5.59. The molecule has 0 radical (unpaired) electrons. The van der Waals surface area contributed by atoms with Crippen LogP contribution in [0.5, 0.6) is 17.2 Å². The molecule has 3 amide bonds. The molecule has 1 atom stereocenters. The highest BCUT2D eigenvalue weighted by molar-refractivity contribution is 6.01. The van der Waals surface area contributed by atoms with Gasteiger partial charge < -0.3 is 29.7 Å². The van der Waals surface area contributed by atoms with E-state index in [1.54, 1.807) is 38.4 Å². The second-order valence-electron chi connectivity index (χ2n) is 7.36. The molecule has 4 rings (SSSR count). The standard InChI is InChI=1S/C23H25N3O5/c1-29-16-7-4-14(5-8-16)10-11-26-13-17-20(22(26)27)21(25-23(28)24-17)15-6-9-18(30-2)19(12-15)31-3/h4-9,12,21H,10-11,13H2,1-3H3,(H2,24,25,28)/t21-/m0/s1. The second kappa shape index (κ2) is 8.59. The molecule has 2 heterocycles. The number of carbonyl (C=O) groups is 2. The molecule has 0 fully saturated rings. The third kappa shape index (κ3) is 4.01. The van der Waals surface area contributed by atoms with Crippen molar-refractivity contribution >= 4 is 11.9 Å². The number of nitrogens with one attached hydrogen (secondary N) is 2. The van der Waals surface area contributed by atoms with Crippen LogP contribution in [-0.2, 0) is 11.2 Å². The number of nitrogens with zero attached hydrogens (tertiary/aromatic N) is 1. The molecule has 2 aliphatic heterocycles. The van der Waals surface area contributed by atoms with E-state index in [4.69, 9.17) is 14.2 Å². The summed E-state index contributed by atoms with van der Waals surface area (Å²) in [6.07, 6.45) is 0.707. The number of hydrogen-bond acceptors (Lipinski definition) is 5. The molecule has 2 aromatic carbocycles. The number of carbonyl (C=O) groups excluding carboxylic acids is 2. The molecule has 2 aromatic rings. The van der Waals surface area contributed by atoms with E-state index in [0.29, 0.717) is 42.3 Å². The van der Waals surface area contributed by atoms with E-state index in [2.05, 4.69) is 10.6 Å². The van der Waals surface area contributed by atoms with Crippen molar-refractivity contribution in [3.63, 3.8) is 0 Å². The molecule has 2 aliphatic rings. The third-order valence-corrected chi connectivity index (χ3v) is 5.59. The molecule has 0 saturated carbocycles. The van der Waals surface area contributed by atoms with Crippen LogP contribution >= 0.6 is 0 Å². The minimum Gasteiger partial charge on any atom is -0.497 e. The molecule has 31 heavy (non-hydrogen) atoms. The van der Waals surface area contributed by atoms with Gasteiger partial charge in [-0.15, -0.1) is 0 Å². The Hall–Kier alpha value is -3.68. The molecule has 0 bridgehead atoms. The van der Waals surface area contributed by atoms with Gasteiger partial charge in [0, 0.05) is 6.54 Å². The van der Waals surface area contributed by atoms with Crippen molar-refractivity contribution in [2.75, 3.05) is 34.4 Å². The molecule has 0 unspecified atom stereocenters. The molecule has 2 N–H and O–H groups in total. The van der Waals surface area contributed by atoms with Gasteiger partial charge in [-0.2, -0.15) is 0 Å². The van der Waals surface area contributed by atoms with Crippen molar-refractivity contribution < 1.29 is 23.8 Å². The normalized spacial score (nSPS) is 17.8. The van der Waals surface area contributed by atoms with Crippen LogP contribution in [-0.4, -0.2) is 51.3 Å². The zero-order valence-electron chi connectivity index (χ0n) is 17.7. The number of hydrogen-bond donors (Lipinski definition) is 2. The number of benzene rings is 2. The second-order valence-corrected chi connectivity index (χ2v) is 7.36. The Morgan fingerprint density at radius 3 is 2.39 bits per heavy atom. The van der Waals surface area contributed by atoms with E-state index in [1.807, 2.05) is 30.3 Å². The van der Waals surface area contributed by atoms with Crippen LogP contribution in [0.3, 0.4) is 0 Å². The summed E-state index contributed by atoms with van der Waals surface area (Å²) in [4.78, 5) is 27.3. The van der Waals surface area contributed by atoms with Gasteiger partial charge in [0.15, 0.2) is 11.5 Å². The summed E-state index contributed by atoms with van der Waals surface area (Å²) in [5.74, 6) is 1.83. The smallest absolute Gasteiger partial charge is 0.319 e. The van der Waals surface area contributed by atoms with Crippen molar-refractivity contribution in [2.45, 2.75) is 12.5 Å². The maximum Gasteiger partial charge on any atom is 0.319 e. The first-order valence-corrected chi connectivity index (χ1v) is 9.98. The Bertz CT molecular complexity index is 1030. The summed E-state index contributed by atoms with van der Waals surface area (Å²) < 4.78 is 15.9. The summed E-state index contributed by atoms with van der Waals surface area (Å²) in [7, 11) is 4.74. The van der Waals surface area contributed by atoms with Crippen LogP contribution in [0.4, 0.5) is 4.79 Å². The van der Waals surface area contributed by atoms with Crippen molar-refractivity contribution in [1.29, 1.82) is 0 Å². The SMILES string of the molecule is COc1ccc(CCN2CC3=C(C2=O)[C@H](c2ccc(OC)c(OC)c2)NC(=O)N3)cc1. The van der Waals surface area contributed by atoms with Gasteiger partial charge in [0.2, 0.25) is 0 Å². The highest BCUT2D eigenvalue weighted by Gasteiger charge is 2.40. The van der Waals surface area contributed by atoms with Gasteiger partial charge >= 0.3 is 6.03 Å². The predicted octanol–water partition coefficient (Wildman–Crippen LogP) is 2.41. The molecule has 0 spiro atoms. The first-order valence-electron chi connectivity index (χ1n) is 9.98. The molecular formula is C23H25N3O5. The Balaban J connectivity index is 1.53. The van der Waals surface area contributed by atoms with Gasteiger partial charge in [0.1, 0.15) is 5.75 Å². The highest BCUT2D eigenvalue weighted by Crippen LogP contribution is 2.36. The average Bonchev–Trinajstić information content (AvgIpc) is 3.11. The largest absolute Gasteiger partial charge is 0.497 e. The summed E-state index contributed by atoms with van der Waals surface area (Å²) in [5.41, 5.74) is 3.06. The lowest BCUT2D eigenvalue weighted by molar-refractivity contribution is -0.125. The van der Waals surface area contributed by atoms with Crippen molar-refractivity contribution in [1.82, 2.24) is 15.5 Å². The van der Waals surface area contributed by atoms with E-state index in [-0.39, 0.29) is 11.9 Å². The van der Waals surface area contributed by atoms with E-state index in [1.165, 1.54) is 0 Å². The zero-order chi connectivity index (χ0) is 22.0. The molecular weight excluding hydrogens is 398 g/mol. The molecule has 8 heteroatoms. The number of amides is 3. The topological polar surface area (TPSA) is 89.1 Å². The van der Waals surface area contributed by atoms with Crippen LogP contribution in [0.2, 0.25) is 0 Å². The van der Waals surface area contributed by atoms with E-state index in [0.717, 1.165) is 16.9 Å². The van der Waals surface area contributed by atoms with Crippen LogP contribution in [0.1, 0.15) is 17.2 Å². The summed E-state index contributed by atoms with van der Waals surface area (Å²) in [6, 6.07) is 12.3. The van der Waals surface area contributed by atoms with Crippen molar-refractivity contribution in [3.05, 3.63) is 64.9 Å². The van der Waals surface area contributed by atoms with Crippen molar-refractivity contribution in [2.24, 2.45) is 0 Å². The maximum absolute atomic E-state index is 13.2. The molecule has 8 nitrogen and oxygen atoms in total. The van der Waals surface area contributed by atoms with Crippen LogP contribution < -0.4 is 24.8 Å². The fourth-order valence-electron chi connectivity index (χ4n) is 3.95. The van der Waals surface area contributed by atoms with Gasteiger partial charge in [-0.1, -0.05) is 18.2 Å². The monoisotopic (exact) mass is 423 g/mol. The van der Waals surface area contributed by atoms with Gasteiger partial charge in [-0.05, 0) is 41.8 Å². The van der Waals surface area contributed by atoms with E-state index < -0.39 is 6.04 Å². The fraction of sp³-hybridized carbons (Fsp3) is 0.304. The number of urea groups is 1. The quantitative estimate of drug-likeness (QED) is 0.714. The Labute approximate surface area is 180 Å². The predicted molar refractivity (Wildman–Crippen MR) is 114 cm³/mol. The van der Waals surface area contributed by atoms with Crippen LogP contribution in [0.15, 0.2) is 53.7 Å². The fourth-order valence-corrected chi connectivity index (χ4v) is 3.95. The van der Waals surface area contributed by atoms with Crippen LogP contribution in [0, 0.1) is 0 Å². The first kappa shape index (κ1) is 20.6.